The lowest BCUT2D eigenvalue weighted by Crippen LogP contribution is -2.53. The van der Waals surface area contributed by atoms with E-state index in [0.29, 0.717) is 24.0 Å². The molecule has 2 N–H and O–H groups in total. The molecule has 1 aromatic rings. The molecule has 1 aromatic carbocycles. The van der Waals surface area contributed by atoms with Gasteiger partial charge in [0.15, 0.2) is 0 Å². The maximum atomic E-state index is 14.4. The van der Waals surface area contributed by atoms with Gasteiger partial charge in [-0.1, -0.05) is 77.0 Å². The molecule has 0 saturated carbocycles. The van der Waals surface area contributed by atoms with Crippen LogP contribution in [0.15, 0.2) is 24.3 Å². The van der Waals surface area contributed by atoms with Gasteiger partial charge >= 0.3 is 12.1 Å². The molecule has 0 radical (unpaired) electrons. The number of rotatable bonds is 18. The molecule has 0 aromatic heterocycles. The van der Waals surface area contributed by atoms with Crippen molar-refractivity contribution in [2.75, 3.05) is 19.7 Å². The lowest BCUT2D eigenvalue weighted by molar-refractivity contribution is -0.144. The van der Waals surface area contributed by atoms with E-state index in [1.807, 2.05) is 13.8 Å². The van der Waals surface area contributed by atoms with Crippen molar-refractivity contribution in [3.63, 3.8) is 0 Å². The van der Waals surface area contributed by atoms with Crippen molar-refractivity contribution >= 4 is 23.9 Å². The van der Waals surface area contributed by atoms with Crippen LogP contribution in [0.5, 0.6) is 0 Å². The number of amides is 3. The lowest BCUT2D eigenvalue weighted by Gasteiger charge is -2.35. The average Bonchev–Trinajstić information content (AvgIpc) is 2.92. The fourth-order valence-electron chi connectivity index (χ4n) is 4.71. The van der Waals surface area contributed by atoms with E-state index in [1.54, 1.807) is 52.0 Å². The van der Waals surface area contributed by atoms with Gasteiger partial charge in [-0.15, -0.1) is 6.42 Å². The summed E-state index contributed by atoms with van der Waals surface area (Å²) in [5.41, 5.74) is 0.230. The second kappa shape index (κ2) is 19.6. The zero-order chi connectivity index (χ0) is 32.4. The SMILES string of the molecule is C#Cc1ccccc1C(C(=O)NCCC(=O)OCC)N(CCCCCCCC)C(=O)C(CC(C)C)NC(=O)OC(C)(C)C. The minimum absolute atomic E-state index is 0.00929. The van der Waals surface area contributed by atoms with Crippen molar-refractivity contribution in [1.29, 1.82) is 0 Å². The molecular weight excluding hydrogens is 546 g/mol. The summed E-state index contributed by atoms with van der Waals surface area (Å²) in [6.07, 6.45) is 11.4. The van der Waals surface area contributed by atoms with Gasteiger partial charge in [0.25, 0.3) is 0 Å². The number of carbonyl (C=O) groups is 4. The Hall–Kier alpha value is -3.54. The normalized spacial score (nSPS) is 12.5. The van der Waals surface area contributed by atoms with Crippen LogP contribution in [-0.2, 0) is 23.9 Å². The zero-order valence-corrected chi connectivity index (χ0v) is 27.3. The van der Waals surface area contributed by atoms with Crippen LogP contribution in [0.25, 0.3) is 0 Å². The van der Waals surface area contributed by atoms with Crippen molar-refractivity contribution in [2.45, 2.75) is 118 Å². The van der Waals surface area contributed by atoms with E-state index >= 15 is 0 Å². The Balaban J connectivity index is 3.51. The Bertz CT molecular complexity index is 1070. The van der Waals surface area contributed by atoms with Gasteiger partial charge in [0.1, 0.15) is 17.7 Å². The predicted octanol–water partition coefficient (Wildman–Crippen LogP) is 5.91. The highest BCUT2D eigenvalue weighted by Gasteiger charge is 2.37. The molecule has 0 fully saturated rings. The maximum absolute atomic E-state index is 14.4. The Morgan fingerprint density at radius 3 is 2.26 bits per heavy atom. The molecule has 43 heavy (non-hydrogen) atoms. The molecular formula is C34H53N3O6. The number of ether oxygens (including phenoxy) is 2. The largest absolute Gasteiger partial charge is 0.466 e. The predicted molar refractivity (Wildman–Crippen MR) is 169 cm³/mol. The number of hydrogen-bond acceptors (Lipinski definition) is 6. The number of terminal acetylenes is 1. The molecule has 0 heterocycles. The molecule has 0 aliphatic carbocycles. The van der Waals surface area contributed by atoms with Crippen LogP contribution in [-0.4, -0.2) is 60.1 Å². The van der Waals surface area contributed by atoms with Crippen molar-refractivity contribution in [2.24, 2.45) is 5.92 Å². The van der Waals surface area contributed by atoms with Gasteiger partial charge in [0.05, 0.1) is 13.0 Å². The van der Waals surface area contributed by atoms with Crippen LogP contribution in [0.3, 0.4) is 0 Å². The van der Waals surface area contributed by atoms with Gasteiger partial charge in [-0.05, 0) is 58.1 Å². The van der Waals surface area contributed by atoms with Gasteiger partial charge in [-0.2, -0.15) is 0 Å². The van der Waals surface area contributed by atoms with Gasteiger partial charge in [-0.3, -0.25) is 14.4 Å². The van der Waals surface area contributed by atoms with E-state index in [9.17, 15) is 19.2 Å². The Morgan fingerprint density at radius 2 is 1.65 bits per heavy atom. The number of nitrogens with one attached hydrogen (secondary N) is 2. The summed E-state index contributed by atoms with van der Waals surface area (Å²) in [5.74, 6) is 1.42. The number of carbonyl (C=O) groups excluding carboxylic acids is 4. The third kappa shape index (κ3) is 14.5. The molecule has 240 valence electrons. The second-order valence-corrected chi connectivity index (χ2v) is 12.1. The molecule has 0 aliphatic heterocycles. The summed E-state index contributed by atoms with van der Waals surface area (Å²) in [7, 11) is 0. The molecule has 0 aliphatic rings. The molecule has 3 amide bonds. The third-order valence-electron chi connectivity index (χ3n) is 6.64. The molecule has 0 saturated heterocycles. The summed E-state index contributed by atoms with van der Waals surface area (Å²) < 4.78 is 10.5. The van der Waals surface area contributed by atoms with E-state index in [4.69, 9.17) is 15.9 Å². The molecule has 2 atom stereocenters. The molecule has 0 spiro atoms. The number of unbranched alkanes of at least 4 members (excludes halogenated alkanes) is 5. The van der Waals surface area contributed by atoms with Crippen molar-refractivity contribution in [1.82, 2.24) is 15.5 Å². The lowest BCUT2D eigenvalue weighted by atomic mass is 9.95. The monoisotopic (exact) mass is 599 g/mol. The number of benzene rings is 1. The first kappa shape index (κ1) is 37.5. The van der Waals surface area contributed by atoms with E-state index in [0.717, 1.165) is 32.1 Å². The molecule has 1 rings (SSSR count). The summed E-state index contributed by atoms with van der Waals surface area (Å²) >= 11 is 0. The van der Waals surface area contributed by atoms with E-state index in [1.165, 1.54) is 4.90 Å². The molecule has 9 heteroatoms. The van der Waals surface area contributed by atoms with Crippen LogP contribution < -0.4 is 10.6 Å². The van der Waals surface area contributed by atoms with Gasteiger partial charge in [-0.25, -0.2) is 4.79 Å². The average molecular weight is 600 g/mol. The van der Waals surface area contributed by atoms with Crippen molar-refractivity contribution in [3.05, 3.63) is 35.4 Å². The summed E-state index contributed by atoms with van der Waals surface area (Å²) in [5, 5.41) is 5.58. The highest BCUT2D eigenvalue weighted by atomic mass is 16.6. The minimum atomic E-state index is -1.08. The van der Waals surface area contributed by atoms with Crippen LogP contribution in [0.2, 0.25) is 0 Å². The van der Waals surface area contributed by atoms with Crippen LogP contribution >= 0.6 is 0 Å². The van der Waals surface area contributed by atoms with Crippen LogP contribution in [0, 0.1) is 18.3 Å². The van der Waals surface area contributed by atoms with E-state index in [-0.39, 0.29) is 32.0 Å². The molecule has 9 nitrogen and oxygen atoms in total. The first-order chi connectivity index (χ1) is 20.3. The second-order valence-electron chi connectivity index (χ2n) is 12.1. The Morgan fingerprint density at radius 1 is 1.00 bits per heavy atom. The quantitative estimate of drug-likeness (QED) is 0.123. The third-order valence-corrected chi connectivity index (χ3v) is 6.64. The number of alkyl carbamates (subject to hydrolysis) is 1. The highest BCUT2D eigenvalue weighted by Crippen LogP contribution is 2.27. The van der Waals surface area contributed by atoms with E-state index in [2.05, 4.69) is 23.5 Å². The fourth-order valence-corrected chi connectivity index (χ4v) is 4.71. The van der Waals surface area contributed by atoms with Gasteiger partial charge in [0, 0.05) is 18.7 Å². The number of esters is 1. The highest BCUT2D eigenvalue weighted by molar-refractivity contribution is 5.92. The molecule has 2 unspecified atom stereocenters. The smallest absolute Gasteiger partial charge is 0.408 e. The molecule has 0 bridgehead atoms. The summed E-state index contributed by atoms with van der Waals surface area (Å²) in [6.45, 7) is 13.6. The maximum Gasteiger partial charge on any atom is 0.408 e. The van der Waals surface area contributed by atoms with Crippen molar-refractivity contribution < 1.29 is 28.7 Å². The van der Waals surface area contributed by atoms with Crippen LogP contribution in [0.4, 0.5) is 4.79 Å². The number of nitrogens with zero attached hydrogens (tertiary/aromatic N) is 1. The zero-order valence-electron chi connectivity index (χ0n) is 27.3. The first-order valence-electron chi connectivity index (χ1n) is 15.6. The Labute approximate surface area is 258 Å². The van der Waals surface area contributed by atoms with E-state index < -0.39 is 41.6 Å². The van der Waals surface area contributed by atoms with Gasteiger partial charge in [0.2, 0.25) is 11.8 Å². The fraction of sp³-hybridized carbons (Fsp3) is 0.647. The van der Waals surface area contributed by atoms with Gasteiger partial charge < -0.3 is 25.0 Å². The summed E-state index contributed by atoms with van der Waals surface area (Å²) in [4.78, 5) is 54.5. The topological polar surface area (TPSA) is 114 Å². The standard InChI is InChI=1S/C34H53N3O6/c1-9-12-13-14-15-18-23-37(32(40)28(24-25(4)5)36-33(41)43-34(6,7)8)30(27-20-17-16-19-26(27)10-2)31(39)35-22-21-29(38)42-11-3/h2,16-17,19-20,25,28,30H,9,11-15,18,21-24H2,1,3-8H3,(H,35,39)(H,36,41). The summed E-state index contributed by atoms with van der Waals surface area (Å²) in [6, 6.07) is 5.01. The number of hydrogen-bond donors (Lipinski definition) is 2. The van der Waals surface area contributed by atoms with Crippen LogP contribution in [0.1, 0.15) is 117 Å². The van der Waals surface area contributed by atoms with Crippen molar-refractivity contribution in [3.8, 4) is 12.3 Å². The minimum Gasteiger partial charge on any atom is -0.466 e. The first-order valence-corrected chi connectivity index (χ1v) is 15.6. The Kier molecular flexibility index (Phi) is 17.1.